The van der Waals surface area contributed by atoms with E-state index >= 15 is 0 Å². The van der Waals surface area contributed by atoms with E-state index in [1.807, 2.05) is 0 Å². The molecule has 2 fully saturated rings. The highest BCUT2D eigenvalue weighted by Crippen LogP contribution is 2.14. The summed E-state index contributed by atoms with van der Waals surface area (Å²) in [6.45, 7) is 3.87. The summed E-state index contributed by atoms with van der Waals surface area (Å²) in [5.74, 6) is 0. The van der Waals surface area contributed by atoms with Crippen LogP contribution in [0.4, 0.5) is 0 Å². The first-order valence-corrected chi connectivity index (χ1v) is 9.14. The van der Waals surface area contributed by atoms with Crippen molar-refractivity contribution in [3.63, 3.8) is 0 Å². The molecule has 0 radical (unpaired) electrons. The molecule has 2 unspecified atom stereocenters. The van der Waals surface area contributed by atoms with Crippen LogP contribution in [0.3, 0.4) is 0 Å². The minimum Gasteiger partial charge on any atom is -0.388 e. The second-order valence-electron chi connectivity index (χ2n) is 6.14. The smallest absolute Gasteiger partial charge is 0.157 e. The Bertz CT molecular complexity index is 263. The van der Waals surface area contributed by atoms with E-state index in [2.05, 4.69) is 0 Å². The average Bonchev–Trinajstić information content (AvgIpc) is 2.63. The number of aliphatic hydroxyl groups is 1. The first kappa shape index (κ1) is 20.0. The van der Waals surface area contributed by atoms with Crippen LogP contribution in [-0.4, -0.2) is 76.6 Å². The van der Waals surface area contributed by atoms with E-state index in [-0.39, 0.29) is 25.8 Å². The Hall–Kier alpha value is -0.280. The monoisotopic (exact) mass is 348 g/mol. The van der Waals surface area contributed by atoms with Crippen molar-refractivity contribution >= 4 is 0 Å². The zero-order valence-electron chi connectivity index (χ0n) is 14.5. The van der Waals surface area contributed by atoms with Crippen molar-refractivity contribution in [1.29, 1.82) is 0 Å². The number of hydrogen-bond acceptors (Lipinski definition) is 7. The van der Waals surface area contributed by atoms with Gasteiger partial charge in [-0.15, -0.1) is 0 Å². The molecule has 0 bridgehead atoms. The SMILES string of the molecule is OC(COCCOC1CCCCO1)COCCOC1CCCCO1. The zero-order chi connectivity index (χ0) is 16.9. The summed E-state index contributed by atoms with van der Waals surface area (Å²) in [5, 5.41) is 9.76. The van der Waals surface area contributed by atoms with E-state index in [0.29, 0.717) is 26.4 Å². The Morgan fingerprint density at radius 1 is 0.750 bits per heavy atom. The van der Waals surface area contributed by atoms with Crippen LogP contribution in [0.15, 0.2) is 0 Å². The third-order valence-electron chi connectivity index (χ3n) is 3.96. The number of hydrogen-bond donors (Lipinski definition) is 1. The molecular weight excluding hydrogens is 316 g/mol. The summed E-state index contributed by atoms with van der Waals surface area (Å²) in [4.78, 5) is 0. The fraction of sp³-hybridized carbons (Fsp3) is 1.00. The highest BCUT2D eigenvalue weighted by Gasteiger charge is 2.14. The molecule has 2 aliphatic rings. The molecule has 2 aliphatic heterocycles. The minimum absolute atomic E-state index is 0.0937. The van der Waals surface area contributed by atoms with Crippen LogP contribution in [0.1, 0.15) is 38.5 Å². The van der Waals surface area contributed by atoms with Gasteiger partial charge < -0.3 is 33.5 Å². The topological polar surface area (TPSA) is 75.6 Å². The molecule has 0 spiro atoms. The fourth-order valence-corrected chi connectivity index (χ4v) is 2.65. The van der Waals surface area contributed by atoms with Crippen LogP contribution in [-0.2, 0) is 28.4 Å². The number of rotatable bonds is 12. The van der Waals surface area contributed by atoms with E-state index in [0.717, 1.165) is 51.7 Å². The summed E-state index contributed by atoms with van der Waals surface area (Å²) >= 11 is 0. The molecule has 0 amide bonds. The summed E-state index contributed by atoms with van der Waals surface area (Å²) < 4.78 is 32.8. The van der Waals surface area contributed by atoms with Gasteiger partial charge in [0.25, 0.3) is 0 Å². The summed E-state index contributed by atoms with van der Waals surface area (Å²) in [6.07, 6.45) is 5.60. The largest absolute Gasteiger partial charge is 0.388 e. The maximum atomic E-state index is 9.76. The van der Waals surface area contributed by atoms with Gasteiger partial charge in [0.05, 0.1) is 39.6 Å². The first-order chi connectivity index (χ1) is 11.8. The average molecular weight is 348 g/mol. The van der Waals surface area contributed by atoms with Gasteiger partial charge in [0.2, 0.25) is 0 Å². The molecule has 7 heteroatoms. The van der Waals surface area contributed by atoms with Crippen molar-refractivity contribution in [2.24, 2.45) is 0 Å². The molecule has 24 heavy (non-hydrogen) atoms. The van der Waals surface area contributed by atoms with E-state index in [9.17, 15) is 5.11 Å². The summed E-state index contributed by atoms with van der Waals surface area (Å²) in [5.41, 5.74) is 0. The number of ether oxygens (including phenoxy) is 6. The third-order valence-corrected chi connectivity index (χ3v) is 3.96. The van der Waals surface area contributed by atoms with Gasteiger partial charge in [-0.05, 0) is 38.5 Å². The lowest BCUT2D eigenvalue weighted by molar-refractivity contribution is -0.173. The molecule has 2 saturated heterocycles. The van der Waals surface area contributed by atoms with Gasteiger partial charge in [-0.1, -0.05) is 0 Å². The van der Waals surface area contributed by atoms with Crippen LogP contribution in [0.25, 0.3) is 0 Å². The minimum atomic E-state index is -0.637. The number of aliphatic hydroxyl groups excluding tert-OH is 1. The Morgan fingerprint density at radius 2 is 1.25 bits per heavy atom. The van der Waals surface area contributed by atoms with Crippen LogP contribution in [0.2, 0.25) is 0 Å². The standard InChI is InChI=1S/C17H32O7/c18-15(13-19-9-11-23-16-5-1-3-7-21-16)14-20-10-12-24-17-6-2-4-8-22-17/h15-18H,1-14H2. The van der Waals surface area contributed by atoms with Crippen molar-refractivity contribution in [1.82, 2.24) is 0 Å². The third kappa shape index (κ3) is 9.27. The maximum Gasteiger partial charge on any atom is 0.157 e. The first-order valence-electron chi connectivity index (χ1n) is 9.14. The summed E-state index contributed by atoms with van der Waals surface area (Å²) in [6, 6.07) is 0. The Morgan fingerprint density at radius 3 is 1.67 bits per heavy atom. The van der Waals surface area contributed by atoms with Gasteiger partial charge in [-0.3, -0.25) is 0 Å². The Balaban J connectivity index is 1.33. The normalized spacial score (nSPS) is 26.4. The van der Waals surface area contributed by atoms with Crippen LogP contribution >= 0.6 is 0 Å². The lowest BCUT2D eigenvalue weighted by Crippen LogP contribution is -2.27. The van der Waals surface area contributed by atoms with Crippen molar-refractivity contribution in [3.05, 3.63) is 0 Å². The zero-order valence-corrected chi connectivity index (χ0v) is 14.5. The molecular formula is C17H32O7. The molecule has 2 heterocycles. The van der Waals surface area contributed by atoms with Gasteiger partial charge in [0, 0.05) is 13.2 Å². The second-order valence-corrected chi connectivity index (χ2v) is 6.14. The highest BCUT2D eigenvalue weighted by molar-refractivity contribution is 4.56. The highest BCUT2D eigenvalue weighted by atomic mass is 16.7. The Kier molecular flexibility index (Phi) is 10.8. The van der Waals surface area contributed by atoms with Crippen molar-refractivity contribution in [3.8, 4) is 0 Å². The predicted octanol–water partition coefficient (Wildman–Crippen LogP) is 1.47. The fourth-order valence-electron chi connectivity index (χ4n) is 2.65. The lowest BCUT2D eigenvalue weighted by Gasteiger charge is -2.23. The molecule has 0 aromatic rings. The van der Waals surface area contributed by atoms with E-state index in [1.54, 1.807) is 0 Å². The van der Waals surface area contributed by atoms with Gasteiger partial charge in [0.1, 0.15) is 6.10 Å². The maximum absolute atomic E-state index is 9.76. The molecule has 1 N–H and O–H groups in total. The van der Waals surface area contributed by atoms with Crippen LogP contribution < -0.4 is 0 Å². The van der Waals surface area contributed by atoms with E-state index in [1.165, 1.54) is 0 Å². The van der Waals surface area contributed by atoms with Crippen LogP contribution in [0, 0.1) is 0 Å². The molecule has 7 nitrogen and oxygen atoms in total. The molecule has 2 rings (SSSR count). The molecule has 0 aromatic heterocycles. The van der Waals surface area contributed by atoms with Crippen molar-refractivity contribution in [2.75, 3.05) is 52.9 Å². The van der Waals surface area contributed by atoms with E-state index < -0.39 is 6.10 Å². The van der Waals surface area contributed by atoms with Gasteiger partial charge in [-0.25, -0.2) is 0 Å². The van der Waals surface area contributed by atoms with Crippen molar-refractivity contribution in [2.45, 2.75) is 57.2 Å². The molecule has 0 aromatic carbocycles. The van der Waals surface area contributed by atoms with E-state index in [4.69, 9.17) is 28.4 Å². The van der Waals surface area contributed by atoms with Gasteiger partial charge in [-0.2, -0.15) is 0 Å². The Labute approximate surface area is 144 Å². The molecule has 0 saturated carbocycles. The molecule has 2 atom stereocenters. The van der Waals surface area contributed by atoms with Gasteiger partial charge >= 0.3 is 0 Å². The lowest BCUT2D eigenvalue weighted by atomic mass is 10.2. The second kappa shape index (κ2) is 13.0. The molecule has 142 valence electrons. The quantitative estimate of drug-likeness (QED) is 0.535. The van der Waals surface area contributed by atoms with Crippen LogP contribution in [0.5, 0.6) is 0 Å². The van der Waals surface area contributed by atoms with Crippen molar-refractivity contribution < 1.29 is 33.5 Å². The van der Waals surface area contributed by atoms with Gasteiger partial charge in [0.15, 0.2) is 12.6 Å². The summed E-state index contributed by atoms with van der Waals surface area (Å²) in [7, 11) is 0. The predicted molar refractivity (Wildman–Crippen MR) is 86.7 cm³/mol. The molecule has 0 aliphatic carbocycles.